The van der Waals surface area contributed by atoms with Gasteiger partial charge < -0.3 is 9.88 Å². The highest BCUT2D eigenvalue weighted by Gasteiger charge is 2.09. The molecule has 1 amide bonds. The highest BCUT2D eigenvalue weighted by Crippen LogP contribution is 2.17. The lowest BCUT2D eigenvalue weighted by Gasteiger charge is -2.07. The summed E-state index contributed by atoms with van der Waals surface area (Å²) < 4.78 is 3.22. The van der Waals surface area contributed by atoms with Crippen LogP contribution in [0.3, 0.4) is 0 Å². The van der Waals surface area contributed by atoms with Gasteiger partial charge in [-0.05, 0) is 50.1 Å². The minimum atomic E-state index is -0.0147. The van der Waals surface area contributed by atoms with Crippen molar-refractivity contribution in [3.63, 3.8) is 0 Å². The second kappa shape index (κ2) is 8.99. The topological polar surface area (TPSA) is 46.9 Å². The fraction of sp³-hybridized carbons (Fsp3) is 0.333. The van der Waals surface area contributed by atoms with Crippen molar-refractivity contribution < 1.29 is 4.79 Å². The van der Waals surface area contributed by atoms with Crippen LogP contribution in [0.15, 0.2) is 53.0 Å². The molecular formula is C21H24BrN3O. The molecule has 1 heterocycles. The minimum Gasteiger partial charge on any atom is -0.352 e. The van der Waals surface area contributed by atoms with Gasteiger partial charge in [0.25, 0.3) is 5.91 Å². The molecule has 0 unspecified atom stereocenters. The van der Waals surface area contributed by atoms with Crippen molar-refractivity contribution in [3.8, 4) is 0 Å². The van der Waals surface area contributed by atoms with Gasteiger partial charge in [-0.1, -0.05) is 40.5 Å². The third kappa shape index (κ3) is 4.52. The predicted octanol–water partition coefficient (Wildman–Crippen LogP) is 4.96. The van der Waals surface area contributed by atoms with Crippen LogP contribution in [0.25, 0.3) is 11.0 Å². The van der Waals surface area contributed by atoms with Gasteiger partial charge in [0.05, 0.1) is 11.0 Å². The first kappa shape index (κ1) is 18.6. The van der Waals surface area contributed by atoms with E-state index in [1.807, 2.05) is 30.3 Å². The van der Waals surface area contributed by atoms with E-state index in [1.165, 1.54) is 5.52 Å². The van der Waals surface area contributed by atoms with E-state index in [9.17, 15) is 4.79 Å². The monoisotopic (exact) mass is 413 g/mol. The molecule has 0 aliphatic carbocycles. The number of benzene rings is 2. The number of hydrogen-bond donors (Lipinski definition) is 1. The number of hydrogen-bond acceptors (Lipinski definition) is 2. The Morgan fingerprint density at radius 1 is 1.12 bits per heavy atom. The molecule has 5 heteroatoms. The second-order valence-corrected chi connectivity index (χ2v) is 7.25. The average Bonchev–Trinajstić information content (AvgIpc) is 3.01. The largest absolute Gasteiger partial charge is 0.352 e. The number of nitrogens with one attached hydrogen (secondary N) is 1. The third-order valence-corrected chi connectivity index (χ3v) is 4.99. The molecule has 3 aromatic rings. The van der Waals surface area contributed by atoms with Gasteiger partial charge in [-0.2, -0.15) is 0 Å². The molecule has 0 atom stereocenters. The summed E-state index contributed by atoms with van der Waals surface area (Å²) in [7, 11) is 0. The van der Waals surface area contributed by atoms with Gasteiger partial charge in [-0.25, -0.2) is 4.98 Å². The smallest absolute Gasteiger partial charge is 0.251 e. The average molecular weight is 414 g/mol. The summed E-state index contributed by atoms with van der Waals surface area (Å²) in [5.74, 6) is 1.14. The summed E-state index contributed by atoms with van der Waals surface area (Å²) in [6.45, 7) is 3.81. The highest BCUT2D eigenvalue weighted by molar-refractivity contribution is 9.10. The Morgan fingerprint density at radius 2 is 1.96 bits per heavy atom. The molecule has 0 aliphatic heterocycles. The van der Waals surface area contributed by atoms with Crippen molar-refractivity contribution in [3.05, 3.63) is 64.4 Å². The van der Waals surface area contributed by atoms with Crippen LogP contribution >= 0.6 is 15.9 Å². The van der Waals surface area contributed by atoms with Crippen LogP contribution < -0.4 is 5.32 Å². The molecule has 3 rings (SSSR count). The summed E-state index contributed by atoms with van der Waals surface area (Å²) >= 11 is 3.39. The maximum atomic E-state index is 12.1. The number of halogens is 1. The molecule has 0 saturated carbocycles. The van der Waals surface area contributed by atoms with E-state index < -0.39 is 0 Å². The summed E-state index contributed by atoms with van der Waals surface area (Å²) in [4.78, 5) is 16.9. The van der Waals surface area contributed by atoms with Crippen molar-refractivity contribution >= 4 is 32.9 Å². The molecule has 26 heavy (non-hydrogen) atoms. The number of imidazole rings is 1. The Bertz CT molecular complexity index is 888. The molecule has 0 aliphatic rings. The lowest BCUT2D eigenvalue weighted by Crippen LogP contribution is -2.24. The van der Waals surface area contributed by atoms with Gasteiger partial charge >= 0.3 is 0 Å². The fourth-order valence-corrected chi connectivity index (χ4v) is 3.59. The van der Waals surface area contributed by atoms with E-state index in [0.29, 0.717) is 12.1 Å². The first-order valence-corrected chi connectivity index (χ1v) is 9.96. The maximum absolute atomic E-state index is 12.1. The van der Waals surface area contributed by atoms with E-state index in [-0.39, 0.29) is 5.91 Å². The molecule has 0 bridgehead atoms. The second-order valence-electron chi connectivity index (χ2n) is 6.34. The van der Waals surface area contributed by atoms with Crippen molar-refractivity contribution in [1.82, 2.24) is 14.9 Å². The van der Waals surface area contributed by atoms with Gasteiger partial charge in [-0.3, -0.25) is 4.79 Å². The van der Waals surface area contributed by atoms with Gasteiger partial charge in [0.1, 0.15) is 5.82 Å². The molecular weight excluding hydrogens is 390 g/mol. The summed E-state index contributed by atoms with van der Waals surface area (Å²) in [5, 5.41) is 2.99. The van der Waals surface area contributed by atoms with E-state index in [2.05, 4.69) is 50.9 Å². The molecule has 0 saturated heterocycles. The Labute approximate surface area is 162 Å². The number of unbranched alkanes of at least 4 members (excludes halogenated alkanes) is 2. The Hall–Kier alpha value is -2.14. The van der Waals surface area contributed by atoms with Gasteiger partial charge in [0.15, 0.2) is 0 Å². The zero-order valence-corrected chi connectivity index (χ0v) is 16.6. The molecule has 2 aromatic carbocycles. The first-order valence-electron chi connectivity index (χ1n) is 9.17. The van der Waals surface area contributed by atoms with Crippen molar-refractivity contribution in [1.29, 1.82) is 0 Å². The molecule has 136 valence electrons. The Morgan fingerprint density at radius 3 is 2.77 bits per heavy atom. The van der Waals surface area contributed by atoms with Gasteiger partial charge in [0, 0.05) is 29.5 Å². The molecule has 4 nitrogen and oxygen atoms in total. The maximum Gasteiger partial charge on any atom is 0.251 e. The summed E-state index contributed by atoms with van der Waals surface area (Å²) in [5.41, 5.74) is 2.98. The van der Waals surface area contributed by atoms with Crippen LogP contribution in [0.5, 0.6) is 0 Å². The standard InChI is InChI=1S/C21H24BrN3O/c1-2-25-19-12-6-5-11-18(19)24-20(25)13-4-3-7-14-23-21(26)16-9-8-10-17(22)15-16/h5-6,8-12,15H,2-4,7,13-14H2,1H3,(H,23,26). The van der Waals surface area contributed by atoms with Crippen molar-refractivity contribution in [2.24, 2.45) is 0 Å². The normalized spacial score (nSPS) is 11.0. The van der Waals surface area contributed by atoms with E-state index >= 15 is 0 Å². The van der Waals surface area contributed by atoms with Crippen LogP contribution in [0.4, 0.5) is 0 Å². The van der Waals surface area contributed by atoms with Crippen molar-refractivity contribution in [2.45, 2.75) is 39.2 Å². The zero-order chi connectivity index (χ0) is 18.4. The number of nitrogens with zero attached hydrogens (tertiary/aromatic N) is 2. The summed E-state index contributed by atoms with van der Waals surface area (Å²) in [6.07, 6.45) is 4.11. The molecule has 0 radical (unpaired) electrons. The van der Waals surface area contributed by atoms with E-state index in [1.54, 1.807) is 0 Å². The van der Waals surface area contributed by atoms with Crippen LogP contribution in [0, 0.1) is 0 Å². The number of aromatic nitrogens is 2. The van der Waals surface area contributed by atoms with Crippen LogP contribution in [0.2, 0.25) is 0 Å². The van der Waals surface area contributed by atoms with E-state index in [0.717, 1.165) is 48.0 Å². The number of aryl methyl sites for hydroxylation is 2. The first-order chi connectivity index (χ1) is 12.7. The molecule has 1 N–H and O–H groups in total. The molecule has 0 spiro atoms. The number of carbonyl (C=O) groups is 1. The Kier molecular flexibility index (Phi) is 6.45. The lowest BCUT2D eigenvalue weighted by atomic mass is 10.1. The predicted molar refractivity (Wildman–Crippen MR) is 109 cm³/mol. The van der Waals surface area contributed by atoms with Gasteiger partial charge in [-0.15, -0.1) is 0 Å². The SMILES string of the molecule is CCn1c(CCCCCNC(=O)c2cccc(Br)c2)nc2ccccc21. The molecule has 1 aromatic heterocycles. The minimum absolute atomic E-state index is 0.0147. The van der Waals surface area contributed by atoms with Crippen LogP contribution in [-0.4, -0.2) is 22.0 Å². The summed E-state index contributed by atoms with van der Waals surface area (Å²) in [6, 6.07) is 15.8. The number of para-hydroxylation sites is 2. The fourth-order valence-electron chi connectivity index (χ4n) is 3.19. The van der Waals surface area contributed by atoms with Crippen LogP contribution in [0.1, 0.15) is 42.4 Å². The number of carbonyl (C=O) groups excluding carboxylic acids is 1. The lowest BCUT2D eigenvalue weighted by molar-refractivity contribution is 0.0953. The third-order valence-electron chi connectivity index (χ3n) is 4.50. The number of rotatable bonds is 8. The van der Waals surface area contributed by atoms with Crippen LogP contribution in [-0.2, 0) is 13.0 Å². The van der Waals surface area contributed by atoms with Gasteiger partial charge in [0.2, 0.25) is 0 Å². The number of fused-ring (bicyclic) bond motifs is 1. The Balaban J connectivity index is 1.43. The highest BCUT2D eigenvalue weighted by atomic mass is 79.9. The number of amides is 1. The van der Waals surface area contributed by atoms with Crippen molar-refractivity contribution in [2.75, 3.05) is 6.54 Å². The zero-order valence-electron chi connectivity index (χ0n) is 15.0. The quantitative estimate of drug-likeness (QED) is 0.530. The van der Waals surface area contributed by atoms with E-state index in [4.69, 9.17) is 4.98 Å². The molecule has 0 fully saturated rings.